The first kappa shape index (κ1) is 15.7. The standard InChI is InChI=1S/C17H16N4O3/c22-17(14-7-9-15(10-8-14)21(23)24)19-18-12-20-11-3-5-13-4-1-2-6-16(13)20/h1-2,4,6-10,12H,3,5,11H2,(H,19,22). The average molecular weight is 324 g/mol. The van der Waals surface area contributed by atoms with Gasteiger partial charge >= 0.3 is 0 Å². The Morgan fingerprint density at radius 3 is 2.71 bits per heavy atom. The third-order valence-electron chi connectivity index (χ3n) is 3.85. The zero-order chi connectivity index (χ0) is 16.9. The summed E-state index contributed by atoms with van der Waals surface area (Å²) in [5.74, 6) is -0.411. The zero-order valence-corrected chi connectivity index (χ0v) is 12.9. The molecule has 1 aliphatic heterocycles. The summed E-state index contributed by atoms with van der Waals surface area (Å²) >= 11 is 0. The van der Waals surface area contributed by atoms with Gasteiger partial charge in [-0.05, 0) is 36.6 Å². The molecule has 1 amide bonds. The molecular formula is C17H16N4O3. The quantitative estimate of drug-likeness (QED) is 0.405. The van der Waals surface area contributed by atoms with Gasteiger partial charge in [-0.15, -0.1) is 0 Å². The summed E-state index contributed by atoms with van der Waals surface area (Å²) in [5.41, 5.74) is 5.06. The normalized spacial score (nSPS) is 13.6. The lowest BCUT2D eigenvalue weighted by molar-refractivity contribution is -0.384. The van der Waals surface area contributed by atoms with Crippen LogP contribution in [0.5, 0.6) is 0 Å². The highest BCUT2D eigenvalue weighted by Crippen LogP contribution is 2.25. The van der Waals surface area contributed by atoms with E-state index in [2.05, 4.69) is 16.6 Å². The van der Waals surface area contributed by atoms with Crippen molar-refractivity contribution in [3.05, 3.63) is 69.8 Å². The van der Waals surface area contributed by atoms with Gasteiger partial charge < -0.3 is 4.90 Å². The van der Waals surface area contributed by atoms with Gasteiger partial charge in [-0.25, -0.2) is 5.43 Å². The van der Waals surface area contributed by atoms with Crippen LogP contribution in [-0.2, 0) is 6.42 Å². The molecule has 2 aromatic rings. The van der Waals surface area contributed by atoms with Crippen molar-refractivity contribution in [2.45, 2.75) is 12.8 Å². The minimum atomic E-state index is -0.506. The summed E-state index contributed by atoms with van der Waals surface area (Å²) in [5, 5.41) is 14.6. The van der Waals surface area contributed by atoms with E-state index in [9.17, 15) is 14.9 Å². The molecule has 0 aromatic heterocycles. The van der Waals surface area contributed by atoms with Gasteiger partial charge in [-0.2, -0.15) is 5.10 Å². The van der Waals surface area contributed by atoms with E-state index in [-0.39, 0.29) is 5.69 Å². The second-order valence-corrected chi connectivity index (χ2v) is 5.42. The number of non-ortho nitro benzene ring substituents is 1. The highest BCUT2D eigenvalue weighted by molar-refractivity contribution is 5.95. The Labute approximate surface area is 138 Å². The number of anilines is 1. The molecule has 122 valence electrons. The van der Waals surface area contributed by atoms with Crippen molar-refractivity contribution in [2.75, 3.05) is 11.4 Å². The van der Waals surface area contributed by atoms with Crippen LogP contribution in [0.1, 0.15) is 22.3 Å². The number of nitro groups is 1. The van der Waals surface area contributed by atoms with E-state index in [1.54, 1.807) is 6.34 Å². The number of hydrazone groups is 1. The molecule has 1 N–H and O–H groups in total. The van der Waals surface area contributed by atoms with Gasteiger partial charge in [0.1, 0.15) is 6.34 Å². The fourth-order valence-corrected chi connectivity index (χ4v) is 2.64. The summed E-state index contributed by atoms with van der Waals surface area (Å²) in [4.78, 5) is 24.1. The summed E-state index contributed by atoms with van der Waals surface area (Å²) < 4.78 is 0. The molecule has 0 bridgehead atoms. The number of benzene rings is 2. The number of carbonyl (C=O) groups excluding carboxylic acids is 1. The molecule has 0 fully saturated rings. The lowest BCUT2D eigenvalue weighted by Crippen LogP contribution is -2.29. The Kier molecular flexibility index (Phi) is 4.51. The molecule has 0 atom stereocenters. The predicted molar refractivity (Wildman–Crippen MR) is 91.2 cm³/mol. The molecule has 2 aromatic carbocycles. The number of aryl methyl sites for hydroxylation is 1. The van der Waals surface area contributed by atoms with Crippen molar-refractivity contribution in [2.24, 2.45) is 5.10 Å². The van der Waals surface area contributed by atoms with Crippen LogP contribution in [0.15, 0.2) is 53.6 Å². The number of nitrogens with zero attached hydrogens (tertiary/aromatic N) is 3. The van der Waals surface area contributed by atoms with Crippen molar-refractivity contribution < 1.29 is 9.72 Å². The Hall–Kier alpha value is -3.22. The average Bonchev–Trinajstić information content (AvgIpc) is 2.62. The van der Waals surface area contributed by atoms with Gasteiger partial charge in [0.05, 0.1) is 4.92 Å². The molecule has 0 aliphatic carbocycles. The molecule has 3 rings (SSSR count). The molecular weight excluding hydrogens is 308 g/mol. The van der Waals surface area contributed by atoms with E-state index in [0.29, 0.717) is 5.56 Å². The van der Waals surface area contributed by atoms with Crippen molar-refractivity contribution >= 4 is 23.6 Å². The Morgan fingerprint density at radius 2 is 1.96 bits per heavy atom. The Bertz CT molecular complexity index is 787. The van der Waals surface area contributed by atoms with Crippen LogP contribution >= 0.6 is 0 Å². The topological polar surface area (TPSA) is 87.8 Å². The number of rotatable bonds is 4. The van der Waals surface area contributed by atoms with Crippen LogP contribution in [0.4, 0.5) is 11.4 Å². The van der Waals surface area contributed by atoms with Gasteiger partial charge in [-0.3, -0.25) is 14.9 Å². The van der Waals surface area contributed by atoms with Gasteiger partial charge in [0.25, 0.3) is 11.6 Å². The van der Waals surface area contributed by atoms with E-state index in [4.69, 9.17) is 0 Å². The van der Waals surface area contributed by atoms with Gasteiger partial charge in [0, 0.05) is 29.9 Å². The Balaban J connectivity index is 1.64. The van der Waals surface area contributed by atoms with Crippen LogP contribution < -0.4 is 10.3 Å². The molecule has 7 nitrogen and oxygen atoms in total. The summed E-state index contributed by atoms with van der Waals surface area (Å²) in [7, 11) is 0. The van der Waals surface area contributed by atoms with Crippen LogP contribution in [0.2, 0.25) is 0 Å². The second-order valence-electron chi connectivity index (χ2n) is 5.42. The third-order valence-corrected chi connectivity index (χ3v) is 3.85. The number of nitrogens with one attached hydrogen (secondary N) is 1. The van der Waals surface area contributed by atoms with Gasteiger partial charge in [-0.1, -0.05) is 18.2 Å². The first-order valence-electron chi connectivity index (χ1n) is 7.57. The maximum absolute atomic E-state index is 12.0. The van der Waals surface area contributed by atoms with E-state index < -0.39 is 10.8 Å². The number of hydrogen-bond acceptors (Lipinski definition) is 4. The number of carbonyl (C=O) groups is 1. The molecule has 1 aliphatic rings. The number of amides is 1. The van der Waals surface area contributed by atoms with Crippen LogP contribution in [0, 0.1) is 10.1 Å². The molecule has 0 saturated carbocycles. The molecule has 7 heteroatoms. The number of nitro benzene ring substituents is 1. The summed E-state index contributed by atoms with van der Waals surface area (Å²) in [6, 6.07) is 13.5. The van der Waals surface area contributed by atoms with Gasteiger partial charge in [0.15, 0.2) is 0 Å². The maximum Gasteiger partial charge on any atom is 0.271 e. The molecule has 0 saturated heterocycles. The second kappa shape index (κ2) is 6.91. The monoisotopic (exact) mass is 324 g/mol. The summed E-state index contributed by atoms with van der Waals surface area (Å²) in [6.07, 6.45) is 3.66. The number of hydrogen-bond donors (Lipinski definition) is 1. The SMILES string of the molecule is O=C(NN=CN1CCCc2ccccc21)c1ccc([N+](=O)[O-])cc1. The largest absolute Gasteiger partial charge is 0.331 e. The molecule has 0 spiro atoms. The molecule has 1 heterocycles. The fraction of sp³-hybridized carbons (Fsp3) is 0.176. The minimum absolute atomic E-state index is 0.0556. The number of fused-ring (bicyclic) bond motifs is 1. The molecule has 0 radical (unpaired) electrons. The lowest BCUT2D eigenvalue weighted by Gasteiger charge is -2.27. The summed E-state index contributed by atoms with van der Waals surface area (Å²) in [6.45, 7) is 0.841. The first-order valence-corrected chi connectivity index (χ1v) is 7.57. The van der Waals surface area contributed by atoms with Crippen molar-refractivity contribution in [3.63, 3.8) is 0 Å². The lowest BCUT2D eigenvalue weighted by atomic mass is 10.0. The van der Waals surface area contributed by atoms with E-state index in [1.165, 1.54) is 29.8 Å². The van der Waals surface area contributed by atoms with Gasteiger partial charge in [0.2, 0.25) is 0 Å². The smallest absolute Gasteiger partial charge is 0.271 e. The highest BCUT2D eigenvalue weighted by atomic mass is 16.6. The highest BCUT2D eigenvalue weighted by Gasteiger charge is 2.14. The molecule has 24 heavy (non-hydrogen) atoms. The van der Waals surface area contributed by atoms with Crippen molar-refractivity contribution in [1.82, 2.24) is 5.43 Å². The van der Waals surface area contributed by atoms with E-state index in [0.717, 1.165) is 25.1 Å². The Morgan fingerprint density at radius 1 is 1.21 bits per heavy atom. The van der Waals surface area contributed by atoms with Crippen LogP contribution in [-0.4, -0.2) is 23.7 Å². The molecule has 0 unspecified atom stereocenters. The van der Waals surface area contributed by atoms with Crippen molar-refractivity contribution in [1.29, 1.82) is 0 Å². The van der Waals surface area contributed by atoms with E-state index in [1.807, 2.05) is 23.1 Å². The van der Waals surface area contributed by atoms with Crippen molar-refractivity contribution in [3.8, 4) is 0 Å². The fourth-order valence-electron chi connectivity index (χ4n) is 2.64. The van der Waals surface area contributed by atoms with Crippen LogP contribution in [0.3, 0.4) is 0 Å². The zero-order valence-electron chi connectivity index (χ0n) is 12.9. The van der Waals surface area contributed by atoms with E-state index >= 15 is 0 Å². The maximum atomic E-state index is 12.0. The minimum Gasteiger partial charge on any atom is -0.331 e. The third kappa shape index (κ3) is 3.40. The number of para-hydroxylation sites is 1. The predicted octanol–water partition coefficient (Wildman–Crippen LogP) is 2.72. The van der Waals surface area contributed by atoms with Crippen LogP contribution in [0.25, 0.3) is 0 Å². The first-order chi connectivity index (χ1) is 11.6.